The van der Waals surface area contributed by atoms with Crippen molar-refractivity contribution in [3.8, 4) is 0 Å². The summed E-state index contributed by atoms with van der Waals surface area (Å²) in [6.45, 7) is 5.54. The van der Waals surface area contributed by atoms with E-state index in [9.17, 15) is 8.42 Å². The maximum Gasteiger partial charge on any atom is 0.150 e. The molecule has 2 rings (SSSR count). The molecule has 3 nitrogen and oxygen atoms in total. The molecule has 0 amide bonds. The summed E-state index contributed by atoms with van der Waals surface area (Å²) >= 11 is 0. The molecule has 1 saturated heterocycles. The first-order valence-electron chi connectivity index (χ1n) is 6.83. The molecule has 1 saturated carbocycles. The van der Waals surface area contributed by atoms with Crippen molar-refractivity contribution in [1.29, 1.82) is 0 Å². The minimum absolute atomic E-state index is 0.345. The zero-order valence-electron chi connectivity index (χ0n) is 11.0. The molecule has 0 aromatic carbocycles. The highest BCUT2D eigenvalue weighted by molar-refractivity contribution is 7.91. The molecule has 2 atom stereocenters. The maximum atomic E-state index is 11.4. The van der Waals surface area contributed by atoms with Gasteiger partial charge in [0.1, 0.15) is 0 Å². The Morgan fingerprint density at radius 1 is 1.24 bits per heavy atom. The Morgan fingerprint density at radius 2 is 2.00 bits per heavy atom. The van der Waals surface area contributed by atoms with Crippen molar-refractivity contribution in [2.24, 2.45) is 11.3 Å². The summed E-state index contributed by atoms with van der Waals surface area (Å²) in [6.07, 6.45) is 6.02. The van der Waals surface area contributed by atoms with Crippen LogP contribution < -0.4 is 5.32 Å². The van der Waals surface area contributed by atoms with Crippen LogP contribution in [0.2, 0.25) is 0 Å². The normalized spacial score (nSPS) is 35.9. The summed E-state index contributed by atoms with van der Waals surface area (Å²) in [6, 6.07) is 0.569. The highest BCUT2D eigenvalue weighted by Crippen LogP contribution is 2.35. The summed E-state index contributed by atoms with van der Waals surface area (Å²) in [5, 5.41) is 3.63. The minimum atomic E-state index is -2.72. The SMILES string of the molecule is CC1(C)CCCCC1NCC1CCS(=O)(=O)C1. The van der Waals surface area contributed by atoms with Gasteiger partial charge in [0.15, 0.2) is 9.84 Å². The molecule has 2 unspecified atom stereocenters. The third-order valence-corrected chi connectivity index (χ3v) is 6.32. The third kappa shape index (κ3) is 3.44. The smallest absolute Gasteiger partial charge is 0.150 e. The highest BCUT2D eigenvalue weighted by atomic mass is 32.2. The van der Waals surface area contributed by atoms with Crippen LogP contribution in [0.4, 0.5) is 0 Å². The summed E-state index contributed by atoms with van der Waals surface area (Å²) in [5.74, 6) is 1.14. The van der Waals surface area contributed by atoms with Crippen molar-refractivity contribution in [3.05, 3.63) is 0 Å². The van der Waals surface area contributed by atoms with Gasteiger partial charge in [-0.05, 0) is 37.1 Å². The van der Waals surface area contributed by atoms with Crippen LogP contribution in [0, 0.1) is 11.3 Å². The van der Waals surface area contributed by atoms with Crippen molar-refractivity contribution < 1.29 is 8.42 Å². The van der Waals surface area contributed by atoms with E-state index in [0.717, 1.165) is 13.0 Å². The average molecular weight is 259 g/mol. The van der Waals surface area contributed by atoms with Crippen molar-refractivity contribution in [2.75, 3.05) is 18.1 Å². The number of nitrogens with one attached hydrogen (secondary N) is 1. The molecule has 1 heterocycles. The van der Waals surface area contributed by atoms with Gasteiger partial charge in [0.25, 0.3) is 0 Å². The molecule has 0 aromatic heterocycles. The van der Waals surface area contributed by atoms with Crippen LogP contribution in [0.5, 0.6) is 0 Å². The number of hydrogen-bond donors (Lipinski definition) is 1. The van der Waals surface area contributed by atoms with Crippen LogP contribution >= 0.6 is 0 Å². The number of rotatable bonds is 3. The van der Waals surface area contributed by atoms with Crippen LogP contribution in [-0.4, -0.2) is 32.5 Å². The molecule has 2 aliphatic rings. The van der Waals surface area contributed by atoms with Gasteiger partial charge in [0.05, 0.1) is 11.5 Å². The molecule has 2 fully saturated rings. The first kappa shape index (κ1) is 13.3. The predicted octanol–water partition coefficient (Wildman–Crippen LogP) is 1.98. The number of sulfone groups is 1. The Kier molecular flexibility index (Phi) is 3.83. The standard InChI is InChI=1S/C13H25NO2S/c1-13(2)7-4-3-5-12(13)14-9-11-6-8-17(15,16)10-11/h11-12,14H,3-10H2,1-2H3. The number of hydrogen-bond acceptors (Lipinski definition) is 3. The second kappa shape index (κ2) is 4.88. The van der Waals surface area contributed by atoms with Crippen LogP contribution in [-0.2, 0) is 9.84 Å². The van der Waals surface area contributed by atoms with E-state index in [1.54, 1.807) is 0 Å². The topological polar surface area (TPSA) is 46.2 Å². The lowest BCUT2D eigenvalue weighted by molar-refractivity contribution is 0.164. The third-order valence-electron chi connectivity index (χ3n) is 4.49. The van der Waals surface area contributed by atoms with Gasteiger partial charge in [-0.1, -0.05) is 26.7 Å². The van der Waals surface area contributed by atoms with Gasteiger partial charge >= 0.3 is 0 Å². The van der Waals surface area contributed by atoms with Crippen molar-refractivity contribution >= 4 is 9.84 Å². The summed E-state index contributed by atoms with van der Waals surface area (Å²) in [4.78, 5) is 0. The molecule has 1 aliphatic carbocycles. The fourth-order valence-electron chi connectivity index (χ4n) is 3.21. The van der Waals surface area contributed by atoms with E-state index < -0.39 is 9.84 Å². The first-order valence-corrected chi connectivity index (χ1v) is 8.65. The molecule has 1 N–H and O–H groups in total. The van der Waals surface area contributed by atoms with E-state index in [0.29, 0.717) is 28.9 Å². The minimum Gasteiger partial charge on any atom is -0.313 e. The Hall–Kier alpha value is -0.0900. The van der Waals surface area contributed by atoms with Crippen LogP contribution in [0.15, 0.2) is 0 Å². The van der Waals surface area contributed by atoms with E-state index >= 15 is 0 Å². The van der Waals surface area contributed by atoms with Crippen LogP contribution in [0.1, 0.15) is 46.0 Å². The van der Waals surface area contributed by atoms with Crippen molar-refractivity contribution in [3.63, 3.8) is 0 Å². The molecule has 1 aliphatic heterocycles. The average Bonchev–Trinajstić information content (AvgIpc) is 2.56. The molecular weight excluding hydrogens is 234 g/mol. The molecule has 4 heteroatoms. The van der Waals surface area contributed by atoms with E-state index in [1.807, 2.05) is 0 Å². The van der Waals surface area contributed by atoms with Gasteiger partial charge in [0, 0.05) is 6.04 Å². The second-order valence-electron chi connectivity index (χ2n) is 6.46. The fraction of sp³-hybridized carbons (Fsp3) is 1.00. The zero-order chi connectivity index (χ0) is 12.5. The van der Waals surface area contributed by atoms with Gasteiger partial charge in [-0.15, -0.1) is 0 Å². The fourth-order valence-corrected chi connectivity index (χ4v) is 5.08. The molecule has 0 spiro atoms. The van der Waals surface area contributed by atoms with Gasteiger partial charge in [-0.25, -0.2) is 8.42 Å². The molecule has 0 bridgehead atoms. The van der Waals surface area contributed by atoms with Crippen LogP contribution in [0.3, 0.4) is 0 Å². The summed E-state index contributed by atoms with van der Waals surface area (Å²) in [7, 11) is -2.72. The molecule has 100 valence electrons. The van der Waals surface area contributed by atoms with Gasteiger partial charge in [-0.2, -0.15) is 0 Å². The first-order chi connectivity index (χ1) is 7.89. The Balaban J connectivity index is 1.82. The summed E-state index contributed by atoms with van der Waals surface area (Å²) < 4.78 is 22.8. The lowest BCUT2D eigenvalue weighted by atomic mass is 9.73. The quantitative estimate of drug-likeness (QED) is 0.843. The zero-order valence-corrected chi connectivity index (χ0v) is 11.9. The Morgan fingerprint density at radius 3 is 2.59 bits per heavy atom. The lowest BCUT2D eigenvalue weighted by Gasteiger charge is -2.39. The highest BCUT2D eigenvalue weighted by Gasteiger charge is 2.33. The van der Waals surface area contributed by atoms with Gasteiger partial charge < -0.3 is 5.32 Å². The molecule has 0 aromatic rings. The monoisotopic (exact) mass is 259 g/mol. The van der Waals surface area contributed by atoms with E-state index in [2.05, 4.69) is 19.2 Å². The van der Waals surface area contributed by atoms with E-state index in [1.165, 1.54) is 25.7 Å². The van der Waals surface area contributed by atoms with Gasteiger partial charge in [-0.3, -0.25) is 0 Å². The van der Waals surface area contributed by atoms with Crippen LogP contribution in [0.25, 0.3) is 0 Å². The maximum absolute atomic E-state index is 11.4. The molecular formula is C13H25NO2S. The largest absolute Gasteiger partial charge is 0.313 e. The lowest BCUT2D eigenvalue weighted by Crippen LogP contribution is -2.45. The predicted molar refractivity (Wildman–Crippen MR) is 70.8 cm³/mol. The Labute approximate surface area is 105 Å². The molecule has 0 radical (unpaired) electrons. The summed E-state index contributed by atoms with van der Waals surface area (Å²) in [5.41, 5.74) is 0.371. The van der Waals surface area contributed by atoms with Gasteiger partial charge in [0.2, 0.25) is 0 Å². The van der Waals surface area contributed by atoms with E-state index in [4.69, 9.17) is 0 Å². The Bertz CT molecular complexity index is 362. The molecule has 17 heavy (non-hydrogen) atoms. The van der Waals surface area contributed by atoms with E-state index in [-0.39, 0.29) is 0 Å². The van der Waals surface area contributed by atoms with Crippen molar-refractivity contribution in [2.45, 2.75) is 52.0 Å². The van der Waals surface area contributed by atoms with Crippen molar-refractivity contribution in [1.82, 2.24) is 5.32 Å². The second-order valence-corrected chi connectivity index (χ2v) is 8.69.